The van der Waals surface area contributed by atoms with Crippen LogP contribution >= 0.6 is 11.6 Å². The summed E-state index contributed by atoms with van der Waals surface area (Å²) in [6.07, 6.45) is 1.69. The summed E-state index contributed by atoms with van der Waals surface area (Å²) >= 11 is 6.17. The monoisotopic (exact) mass is 464 g/mol. The highest BCUT2D eigenvalue weighted by molar-refractivity contribution is 6.32. The Hall–Kier alpha value is -4.04. The predicted octanol–water partition coefficient (Wildman–Crippen LogP) is 5.06. The number of aryl methyl sites for hydroxylation is 2. The third kappa shape index (κ3) is 5.42. The molecule has 0 atom stereocenters. The van der Waals surface area contributed by atoms with Gasteiger partial charge in [-0.3, -0.25) is 14.3 Å². The van der Waals surface area contributed by atoms with Crippen molar-refractivity contribution in [1.29, 1.82) is 0 Å². The van der Waals surface area contributed by atoms with Gasteiger partial charge in [0.2, 0.25) is 0 Å². The second kappa shape index (κ2) is 9.62. The Morgan fingerprint density at radius 3 is 2.33 bits per heavy atom. The number of anilines is 2. The number of benzene rings is 2. The van der Waals surface area contributed by atoms with Crippen LogP contribution in [0.2, 0.25) is 5.02 Å². The van der Waals surface area contributed by atoms with Gasteiger partial charge < -0.3 is 19.8 Å². The smallest absolute Gasteiger partial charge is 0.291 e. The van der Waals surface area contributed by atoms with E-state index in [0.717, 1.165) is 5.56 Å². The van der Waals surface area contributed by atoms with Gasteiger partial charge in [0, 0.05) is 24.6 Å². The third-order valence-electron chi connectivity index (χ3n) is 4.75. The van der Waals surface area contributed by atoms with E-state index in [0.29, 0.717) is 33.6 Å². The van der Waals surface area contributed by atoms with Crippen LogP contribution in [-0.2, 0) is 13.7 Å². The van der Waals surface area contributed by atoms with Crippen LogP contribution in [-0.4, -0.2) is 21.6 Å². The number of carbonyl (C=O) groups is 2. The molecule has 0 saturated carbocycles. The normalized spacial score (nSPS) is 10.6. The molecule has 0 aliphatic heterocycles. The lowest BCUT2D eigenvalue weighted by Crippen LogP contribution is -2.13. The first-order chi connectivity index (χ1) is 15.9. The Balaban J connectivity index is 1.33. The van der Waals surface area contributed by atoms with Gasteiger partial charge in [0.25, 0.3) is 11.8 Å². The van der Waals surface area contributed by atoms with Gasteiger partial charge in [-0.15, -0.1) is 0 Å². The highest BCUT2D eigenvalue weighted by Crippen LogP contribution is 2.29. The quantitative estimate of drug-likeness (QED) is 0.398. The number of furan rings is 1. The lowest BCUT2D eigenvalue weighted by molar-refractivity contribution is 0.0990. The van der Waals surface area contributed by atoms with E-state index in [2.05, 4.69) is 15.7 Å². The summed E-state index contributed by atoms with van der Waals surface area (Å²) in [6, 6.07) is 17.1. The maximum absolute atomic E-state index is 12.5. The number of aromatic nitrogens is 2. The molecule has 2 amide bonds. The Morgan fingerprint density at radius 1 is 1.00 bits per heavy atom. The topological polar surface area (TPSA) is 98.4 Å². The molecule has 9 heteroatoms. The SMILES string of the molecule is Cc1cccc(Cl)c1OCc1ccc(C(=O)Nc2ccc(NC(=O)c3ccn(C)n3)cc2)o1. The van der Waals surface area contributed by atoms with Gasteiger partial charge >= 0.3 is 0 Å². The van der Waals surface area contributed by atoms with Crippen LogP contribution in [0.15, 0.2) is 71.3 Å². The standard InChI is InChI=1S/C24H21ClN4O4/c1-15-4-3-5-19(25)22(15)32-14-18-10-11-21(33-18)24(31)27-17-8-6-16(7-9-17)26-23(30)20-12-13-29(2)28-20/h3-13H,14H2,1-2H3,(H,26,30)(H,27,31). The van der Waals surface area contributed by atoms with E-state index in [-0.39, 0.29) is 18.3 Å². The van der Waals surface area contributed by atoms with Gasteiger partial charge in [0.15, 0.2) is 11.5 Å². The molecule has 8 nitrogen and oxygen atoms in total. The van der Waals surface area contributed by atoms with Gasteiger partial charge in [-0.2, -0.15) is 5.10 Å². The molecule has 0 spiro atoms. The second-order valence-electron chi connectivity index (χ2n) is 7.30. The Morgan fingerprint density at radius 2 is 1.70 bits per heavy atom. The fourth-order valence-electron chi connectivity index (χ4n) is 3.08. The lowest BCUT2D eigenvalue weighted by Gasteiger charge is -2.09. The maximum Gasteiger partial charge on any atom is 0.291 e. The van der Waals surface area contributed by atoms with Gasteiger partial charge in [-0.1, -0.05) is 23.7 Å². The van der Waals surface area contributed by atoms with Crippen LogP contribution in [0.5, 0.6) is 5.75 Å². The summed E-state index contributed by atoms with van der Waals surface area (Å²) in [4.78, 5) is 24.7. The number of ether oxygens (including phenoxy) is 1. The number of hydrogen-bond acceptors (Lipinski definition) is 5. The zero-order chi connectivity index (χ0) is 23.4. The predicted molar refractivity (Wildman–Crippen MR) is 125 cm³/mol. The van der Waals surface area contributed by atoms with Crippen LogP contribution < -0.4 is 15.4 Å². The number of amides is 2. The van der Waals surface area contributed by atoms with Crippen molar-refractivity contribution in [1.82, 2.24) is 9.78 Å². The molecule has 4 rings (SSSR count). The molecule has 33 heavy (non-hydrogen) atoms. The van der Waals surface area contributed by atoms with Crippen LogP contribution in [0.1, 0.15) is 32.4 Å². The van der Waals surface area contributed by atoms with Crippen molar-refractivity contribution in [3.8, 4) is 5.75 Å². The fraction of sp³-hybridized carbons (Fsp3) is 0.125. The minimum atomic E-state index is -0.402. The number of nitrogens with one attached hydrogen (secondary N) is 2. The highest BCUT2D eigenvalue weighted by atomic mass is 35.5. The summed E-state index contributed by atoms with van der Waals surface area (Å²) < 4.78 is 12.9. The molecule has 0 radical (unpaired) electrons. The number of nitrogens with zero attached hydrogens (tertiary/aromatic N) is 2. The molecule has 2 aromatic carbocycles. The molecule has 4 aromatic rings. The third-order valence-corrected chi connectivity index (χ3v) is 5.05. The number of rotatable bonds is 7. The van der Waals surface area contributed by atoms with E-state index in [9.17, 15) is 9.59 Å². The molecule has 168 valence electrons. The zero-order valence-corrected chi connectivity index (χ0v) is 18.7. The largest absolute Gasteiger partial charge is 0.484 e. The van der Waals surface area contributed by atoms with E-state index in [1.54, 1.807) is 66.5 Å². The van der Waals surface area contributed by atoms with E-state index in [4.69, 9.17) is 20.8 Å². The number of halogens is 1. The summed E-state index contributed by atoms with van der Waals surface area (Å²) in [7, 11) is 1.74. The molecule has 0 aliphatic carbocycles. The molecule has 0 fully saturated rings. The number of carbonyl (C=O) groups excluding carboxylic acids is 2. The highest BCUT2D eigenvalue weighted by Gasteiger charge is 2.14. The van der Waals surface area contributed by atoms with Crippen LogP contribution in [0.4, 0.5) is 11.4 Å². The van der Waals surface area contributed by atoms with Crippen molar-refractivity contribution in [2.75, 3.05) is 10.6 Å². The van der Waals surface area contributed by atoms with Crippen molar-refractivity contribution in [2.24, 2.45) is 7.05 Å². The van der Waals surface area contributed by atoms with Crippen molar-refractivity contribution in [2.45, 2.75) is 13.5 Å². The first-order valence-electron chi connectivity index (χ1n) is 10.1. The molecule has 2 N–H and O–H groups in total. The van der Waals surface area contributed by atoms with Crippen LogP contribution in [0.3, 0.4) is 0 Å². The van der Waals surface area contributed by atoms with Crippen molar-refractivity contribution >= 4 is 34.8 Å². The molecular weight excluding hydrogens is 444 g/mol. The second-order valence-corrected chi connectivity index (χ2v) is 7.71. The fourth-order valence-corrected chi connectivity index (χ4v) is 3.36. The molecule has 0 aliphatic rings. The van der Waals surface area contributed by atoms with E-state index < -0.39 is 5.91 Å². The van der Waals surface area contributed by atoms with Gasteiger partial charge in [0.05, 0.1) is 5.02 Å². The molecule has 2 aromatic heterocycles. The van der Waals surface area contributed by atoms with E-state index >= 15 is 0 Å². The van der Waals surface area contributed by atoms with Crippen LogP contribution in [0, 0.1) is 6.92 Å². The lowest BCUT2D eigenvalue weighted by atomic mass is 10.2. The van der Waals surface area contributed by atoms with E-state index in [1.807, 2.05) is 19.1 Å². The summed E-state index contributed by atoms with van der Waals surface area (Å²) in [5, 5.41) is 10.1. The average Bonchev–Trinajstić information content (AvgIpc) is 3.44. The minimum Gasteiger partial charge on any atom is -0.484 e. The summed E-state index contributed by atoms with van der Waals surface area (Å²) in [5.41, 5.74) is 2.36. The Bertz CT molecular complexity index is 1270. The van der Waals surface area contributed by atoms with Crippen molar-refractivity contribution in [3.63, 3.8) is 0 Å². The zero-order valence-electron chi connectivity index (χ0n) is 18.0. The maximum atomic E-state index is 12.5. The van der Waals surface area contributed by atoms with Gasteiger partial charge in [0.1, 0.15) is 18.1 Å². The van der Waals surface area contributed by atoms with Crippen molar-refractivity contribution in [3.05, 3.63) is 94.7 Å². The first-order valence-corrected chi connectivity index (χ1v) is 10.5. The Labute approximate surface area is 195 Å². The minimum absolute atomic E-state index is 0.141. The van der Waals surface area contributed by atoms with E-state index in [1.165, 1.54) is 0 Å². The summed E-state index contributed by atoms with van der Waals surface area (Å²) in [5.74, 6) is 0.506. The number of para-hydroxylation sites is 1. The molecule has 0 saturated heterocycles. The first kappa shape index (κ1) is 22.2. The van der Waals surface area contributed by atoms with Crippen molar-refractivity contribution < 1.29 is 18.7 Å². The Kier molecular flexibility index (Phi) is 6.46. The molecule has 0 unspecified atom stereocenters. The molecular formula is C24H21ClN4O4. The summed E-state index contributed by atoms with van der Waals surface area (Å²) in [6.45, 7) is 2.04. The van der Waals surface area contributed by atoms with Crippen LogP contribution in [0.25, 0.3) is 0 Å². The van der Waals surface area contributed by atoms with Gasteiger partial charge in [-0.25, -0.2) is 0 Å². The van der Waals surface area contributed by atoms with Gasteiger partial charge in [-0.05, 0) is 61.0 Å². The number of hydrogen-bond donors (Lipinski definition) is 2. The average molecular weight is 465 g/mol. The molecule has 0 bridgehead atoms. The molecule has 2 heterocycles.